The molecule has 0 fully saturated rings. The Labute approximate surface area is 133 Å². The number of hydrogen-bond donors (Lipinski definition) is 1. The summed E-state index contributed by atoms with van der Waals surface area (Å²) < 4.78 is 10.6. The molecule has 0 saturated carbocycles. The molecule has 0 aliphatic carbocycles. The number of benzene rings is 1. The zero-order chi connectivity index (χ0) is 16.8. The van der Waals surface area contributed by atoms with E-state index in [4.69, 9.17) is 9.47 Å². The SMILES string of the molecule is CCC(C)Nc1ncnc(Oc2ccc(OC)cc2)c1[N+](=O)[O-]. The van der Waals surface area contributed by atoms with Gasteiger partial charge in [0, 0.05) is 6.04 Å². The van der Waals surface area contributed by atoms with Gasteiger partial charge in [-0.05, 0) is 37.6 Å². The van der Waals surface area contributed by atoms with Crippen LogP contribution in [0.2, 0.25) is 0 Å². The Kier molecular flexibility index (Phi) is 5.29. The van der Waals surface area contributed by atoms with E-state index < -0.39 is 4.92 Å². The third-order valence-electron chi connectivity index (χ3n) is 3.24. The Balaban J connectivity index is 2.33. The zero-order valence-corrected chi connectivity index (χ0v) is 13.1. The lowest BCUT2D eigenvalue weighted by molar-refractivity contribution is -0.385. The fourth-order valence-corrected chi connectivity index (χ4v) is 1.80. The summed E-state index contributed by atoms with van der Waals surface area (Å²) >= 11 is 0. The van der Waals surface area contributed by atoms with Crippen molar-refractivity contribution in [2.24, 2.45) is 0 Å². The van der Waals surface area contributed by atoms with E-state index in [0.29, 0.717) is 11.5 Å². The number of nitrogens with one attached hydrogen (secondary N) is 1. The minimum atomic E-state index is -0.552. The van der Waals surface area contributed by atoms with Crippen molar-refractivity contribution >= 4 is 11.5 Å². The Morgan fingerprint density at radius 1 is 1.26 bits per heavy atom. The van der Waals surface area contributed by atoms with Crippen LogP contribution in [0.3, 0.4) is 0 Å². The number of ether oxygens (including phenoxy) is 2. The summed E-state index contributed by atoms with van der Waals surface area (Å²) in [6.45, 7) is 3.88. The maximum atomic E-state index is 11.4. The van der Waals surface area contributed by atoms with Gasteiger partial charge in [0.05, 0.1) is 12.0 Å². The maximum absolute atomic E-state index is 11.4. The summed E-state index contributed by atoms with van der Waals surface area (Å²) in [6.07, 6.45) is 2.03. The van der Waals surface area contributed by atoms with Crippen LogP contribution in [0.5, 0.6) is 17.4 Å². The number of nitro groups is 1. The van der Waals surface area contributed by atoms with Crippen molar-refractivity contribution in [2.45, 2.75) is 26.3 Å². The topological polar surface area (TPSA) is 99.4 Å². The molecule has 8 heteroatoms. The summed E-state index contributed by atoms with van der Waals surface area (Å²) in [5, 5.41) is 14.4. The average Bonchev–Trinajstić information content (AvgIpc) is 2.55. The molecule has 1 heterocycles. The monoisotopic (exact) mass is 318 g/mol. The molecular formula is C15H18N4O4. The summed E-state index contributed by atoms with van der Waals surface area (Å²) in [6, 6.07) is 6.72. The second-order valence-corrected chi connectivity index (χ2v) is 4.86. The van der Waals surface area contributed by atoms with Gasteiger partial charge in [-0.3, -0.25) is 10.1 Å². The number of methoxy groups -OCH3 is 1. The van der Waals surface area contributed by atoms with E-state index in [1.54, 1.807) is 31.4 Å². The Bertz CT molecular complexity index is 676. The first-order valence-electron chi connectivity index (χ1n) is 7.13. The van der Waals surface area contributed by atoms with Crippen molar-refractivity contribution in [2.75, 3.05) is 12.4 Å². The van der Waals surface area contributed by atoms with Gasteiger partial charge in [0.25, 0.3) is 0 Å². The van der Waals surface area contributed by atoms with Crippen molar-refractivity contribution in [1.29, 1.82) is 0 Å². The number of anilines is 1. The highest BCUT2D eigenvalue weighted by Crippen LogP contribution is 2.34. The number of hydrogen-bond acceptors (Lipinski definition) is 7. The molecule has 0 bridgehead atoms. The van der Waals surface area contributed by atoms with Crippen molar-refractivity contribution in [3.05, 3.63) is 40.7 Å². The summed E-state index contributed by atoms with van der Waals surface area (Å²) in [7, 11) is 1.55. The van der Waals surface area contributed by atoms with E-state index >= 15 is 0 Å². The molecule has 8 nitrogen and oxygen atoms in total. The van der Waals surface area contributed by atoms with Gasteiger partial charge in [0.2, 0.25) is 5.82 Å². The van der Waals surface area contributed by atoms with E-state index in [0.717, 1.165) is 6.42 Å². The van der Waals surface area contributed by atoms with Gasteiger partial charge in [0.15, 0.2) is 0 Å². The first-order chi connectivity index (χ1) is 11.0. The highest BCUT2D eigenvalue weighted by Gasteiger charge is 2.25. The van der Waals surface area contributed by atoms with Crippen LogP contribution in [-0.2, 0) is 0 Å². The fourth-order valence-electron chi connectivity index (χ4n) is 1.80. The normalized spacial score (nSPS) is 11.6. The lowest BCUT2D eigenvalue weighted by atomic mass is 10.2. The van der Waals surface area contributed by atoms with Gasteiger partial charge in [0.1, 0.15) is 17.8 Å². The molecule has 1 aromatic heterocycles. The van der Waals surface area contributed by atoms with Gasteiger partial charge >= 0.3 is 11.6 Å². The molecule has 1 unspecified atom stereocenters. The summed E-state index contributed by atoms with van der Waals surface area (Å²) in [5.74, 6) is 1.11. The van der Waals surface area contributed by atoms with Gasteiger partial charge < -0.3 is 14.8 Å². The van der Waals surface area contributed by atoms with Crippen LogP contribution >= 0.6 is 0 Å². The average molecular weight is 318 g/mol. The largest absolute Gasteiger partial charge is 0.497 e. The zero-order valence-electron chi connectivity index (χ0n) is 13.1. The standard InChI is InChI=1S/C15H18N4O4/c1-4-10(2)18-14-13(19(20)21)15(17-9-16-14)23-12-7-5-11(22-3)6-8-12/h5-10H,4H2,1-3H3,(H,16,17,18). The molecule has 23 heavy (non-hydrogen) atoms. The van der Waals surface area contributed by atoms with E-state index in [2.05, 4.69) is 15.3 Å². The van der Waals surface area contributed by atoms with Crippen molar-refractivity contribution in [1.82, 2.24) is 9.97 Å². The predicted molar refractivity (Wildman–Crippen MR) is 85.1 cm³/mol. The van der Waals surface area contributed by atoms with Crippen LogP contribution in [0.25, 0.3) is 0 Å². The number of rotatable bonds is 7. The van der Waals surface area contributed by atoms with E-state index in [9.17, 15) is 10.1 Å². The van der Waals surface area contributed by atoms with Gasteiger partial charge in [-0.15, -0.1) is 0 Å². The molecule has 2 aromatic rings. The van der Waals surface area contributed by atoms with Crippen LogP contribution in [-0.4, -0.2) is 28.0 Å². The van der Waals surface area contributed by atoms with Crippen LogP contribution in [0.15, 0.2) is 30.6 Å². The Morgan fingerprint density at radius 2 is 1.91 bits per heavy atom. The number of nitrogens with zero attached hydrogens (tertiary/aromatic N) is 3. The van der Waals surface area contributed by atoms with Gasteiger partial charge in [-0.25, -0.2) is 4.98 Å². The first kappa shape index (κ1) is 16.5. The van der Waals surface area contributed by atoms with E-state index in [1.165, 1.54) is 6.33 Å². The van der Waals surface area contributed by atoms with Gasteiger partial charge in [-0.1, -0.05) is 6.92 Å². The third kappa shape index (κ3) is 4.06. The van der Waals surface area contributed by atoms with Crippen molar-refractivity contribution in [3.8, 4) is 17.4 Å². The van der Waals surface area contributed by atoms with Gasteiger partial charge in [-0.2, -0.15) is 4.98 Å². The highest BCUT2D eigenvalue weighted by molar-refractivity contribution is 5.62. The second-order valence-electron chi connectivity index (χ2n) is 4.86. The molecule has 0 amide bonds. The molecule has 122 valence electrons. The van der Waals surface area contributed by atoms with Crippen molar-refractivity contribution in [3.63, 3.8) is 0 Å². The highest BCUT2D eigenvalue weighted by atomic mass is 16.6. The molecular weight excluding hydrogens is 300 g/mol. The molecule has 0 radical (unpaired) electrons. The quantitative estimate of drug-likeness (QED) is 0.617. The molecule has 1 aromatic carbocycles. The van der Waals surface area contributed by atoms with Crippen LogP contribution < -0.4 is 14.8 Å². The lowest BCUT2D eigenvalue weighted by Crippen LogP contribution is -2.16. The molecule has 0 aliphatic rings. The van der Waals surface area contributed by atoms with Crippen LogP contribution in [0, 0.1) is 10.1 Å². The van der Waals surface area contributed by atoms with E-state index in [1.807, 2.05) is 13.8 Å². The Morgan fingerprint density at radius 3 is 2.48 bits per heavy atom. The molecule has 0 saturated heterocycles. The fraction of sp³-hybridized carbons (Fsp3) is 0.333. The minimum absolute atomic E-state index is 0.0393. The molecule has 1 atom stereocenters. The van der Waals surface area contributed by atoms with Crippen LogP contribution in [0.4, 0.5) is 11.5 Å². The molecule has 0 spiro atoms. The third-order valence-corrected chi connectivity index (χ3v) is 3.24. The van der Waals surface area contributed by atoms with Crippen molar-refractivity contribution < 1.29 is 14.4 Å². The lowest BCUT2D eigenvalue weighted by Gasteiger charge is -2.13. The predicted octanol–water partition coefficient (Wildman–Crippen LogP) is 3.40. The minimum Gasteiger partial charge on any atom is -0.497 e. The second kappa shape index (κ2) is 7.39. The van der Waals surface area contributed by atoms with E-state index in [-0.39, 0.29) is 23.4 Å². The Hall–Kier alpha value is -2.90. The number of aromatic nitrogens is 2. The maximum Gasteiger partial charge on any atom is 0.373 e. The summed E-state index contributed by atoms with van der Waals surface area (Å²) in [5.41, 5.74) is -0.288. The molecule has 0 aliphatic heterocycles. The summed E-state index contributed by atoms with van der Waals surface area (Å²) in [4.78, 5) is 18.7. The molecule has 1 N–H and O–H groups in total. The molecule has 2 rings (SSSR count). The van der Waals surface area contributed by atoms with Crippen LogP contribution in [0.1, 0.15) is 20.3 Å². The first-order valence-corrected chi connectivity index (χ1v) is 7.13. The smallest absolute Gasteiger partial charge is 0.373 e.